The predicted molar refractivity (Wildman–Crippen MR) is 114 cm³/mol. The quantitative estimate of drug-likeness (QED) is 0.616. The summed E-state index contributed by atoms with van der Waals surface area (Å²) in [5.74, 6) is 0.753. The number of fused-ring (bicyclic) bond motifs is 2. The van der Waals surface area contributed by atoms with Crippen molar-refractivity contribution in [1.82, 2.24) is 14.9 Å². The normalized spacial score (nSPS) is 13.3. The number of Topliss-reactive ketones (excluding diaryl/α,β-unsaturated/α-hetero) is 1. The summed E-state index contributed by atoms with van der Waals surface area (Å²) in [7, 11) is 0. The molecule has 1 aromatic heterocycles. The fourth-order valence-electron chi connectivity index (χ4n) is 4.16. The number of aromatic nitrogens is 2. The third kappa shape index (κ3) is 4.24. The zero-order chi connectivity index (χ0) is 20.2. The molecule has 0 spiro atoms. The number of aryl methyl sites for hydroxylation is 3. The Balaban J connectivity index is 1.33. The Morgan fingerprint density at radius 1 is 1.03 bits per heavy atom. The van der Waals surface area contributed by atoms with E-state index in [2.05, 4.69) is 27.9 Å². The van der Waals surface area contributed by atoms with Crippen LogP contribution >= 0.6 is 0 Å². The van der Waals surface area contributed by atoms with Crippen LogP contribution in [0, 0.1) is 0 Å². The Bertz CT molecular complexity index is 1050. The molecule has 5 nitrogen and oxygen atoms in total. The van der Waals surface area contributed by atoms with E-state index in [1.165, 1.54) is 24.0 Å². The van der Waals surface area contributed by atoms with Crippen molar-refractivity contribution in [3.63, 3.8) is 0 Å². The Morgan fingerprint density at radius 2 is 1.83 bits per heavy atom. The van der Waals surface area contributed by atoms with Crippen LogP contribution in [0.3, 0.4) is 0 Å². The van der Waals surface area contributed by atoms with Crippen molar-refractivity contribution >= 4 is 22.7 Å². The summed E-state index contributed by atoms with van der Waals surface area (Å²) in [4.78, 5) is 29.5. The fraction of sp³-hybridized carbons (Fsp3) is 0.375. The van der Waals surface area contributed by atoms with E-state index in [9.17, 15) is 9.59 Å². The van der Waals surface area contributed by atoms with Gasteiger partial charge in [-0.3, -0.25) is 9.59 Å². The number of carbonyl (C=O) groups excluding carboxylic acids is 2. The van der Waals surface area contributed by atoms with Gasteiger partial charge in [-0.25, -0.2) is 4.98 Å². The van der Waals surface area contributed by atoms with Gasteiger partial charge in [0.25, 0.3) is 0 Å². The number of rotatable bonds is 7. The summed E-state index contributed by atoms with van der Waals surface area (Å²) in [6, 6.07) is 14.0. The minimum absolute atomic E-state index is 0.0364. The first kappa shape index (κ1) is 19.4. The van der Waals surface area contributed by atoms with Crippen LogP contribution < -0.4 is 5.32 Å². The first-order chi connectivity index (χ1) is 14.2. The Kier molecular flexibility index (Phi) is 5.74. The van der Waals surface area contributed by atoms with Crippen molar-refractivity contribution in [3.8, 4) is 0 Å². The van der Waals surface area contributed by atoms with Crippen LogP contribution in [0.4, 0.5) is 0 Å². The molecule has 4 rings (SSSR count). The summed E-state index contributed by atoms with van der Waals surface area (Å²) in [6.07, 6.45) is 5.00. The Labute approximate surface area is 171 Å². The van der Waals surface area contributed by atoms with Crippen molar-refractivity contribution in [2.24, 2.45) is 0 Å². The molecule has 1 aliphatic rings. The maximum Gasteiger partial charge on any atom is 0.220 e. The number of benzene rings is 2. The average Bonchev–Trinajstić information content (AvgIpc) is 3.13. The SMILES string of the molecule is CCn1c(CNC(=O)CCC(=O)c2ccc3c(c2)CCCC3)nc2ccccc21. The van der Waals surface area contributed by atoms with Gasteiger partial charge >= 0.3 is 0 Å². The molecule has 1 amide bonds. The minimum atomic E-state index is -0.119. The molecule has 0 atom stereocenters. The third-order valence-electron chi connectivity index (χ3n) is 5.74. The highest BCUT2D eigenvalue weighted by Crippen LogP contribution is 2.23. The lowest BCUT2D eigenvalue weighted by molar-refractivity contribution is -0.121. The fourth-order valence-corrected chi connectivity index (χ4v) is 4.16. The number of ketones is 1. The van der Waals surface area contributed by atoms with Crippen LogP contribution in [-0.2, 0) is 30.7 Å². The van der Waals surface area contributed by atoms with E-state index in [0.29, 0.717) is 6.54 Å². The van der Waals surface area contributed by atoms with Crippen molar-refractivity contribution in [1.29, 1.82) is 0 Å². The summed E-state index contributed by atoms with van der Waals surface area (Å²) in [6.45, 7) is 3.23. The molecule has 0 saturated heterocycles. The maximum absolute atomic E-state index is 12.5. The monoisotopic (exact) mass is 389 g/mol. The molecule has 1 N–H and O–H groups in total. The molecule has 29 heavy (non-hydrogen) atoms. The second-order valence-corrected chi connectivity index (χ2v) is 7.65. The van der Waals surface area contributed by atoms with Gasteiger partial charge < -0.3 is 9.88 Å². The molecule has 1 aliphatic carbocycles. The average molecular weight is 389 g/mol. The van der Waals surface area contributed by atoms with Crippen molar-refractivity contribution < 1.29 is 9.59 Å². The van der Waals surface area contributed by atoms with Gasteiger partial charge in [0.2, 0.25) is 5.91 Å². The van der Waals surface area contributed by atoms with Crippen molar-refractivity contribution in [2.45, 2.75) is 58.5 Å². The second kappa shape index (κ2) is 8.60. The molecule has 5 heteroatoms. The lowest BCUT2D eigenvalue weighted by Crippen LogP contribution is -2.25. The smallest absolute Gasteiger partial charge is 0.220 e. The minimum Gasteiger partial charge on any atom is -0.349 e. The lowest BCUT2D eigenvalue weighted by Gasteiger charge is -2.16. The lowest BCUT2D eigenvalue weighted by atomic mass is 9.89. The number of carbonyl (C=O) groups is 2. The van der Waals surface area contributed by atoms with E-state index < -0.39 is 0 Å². The number of hydrogen-bond acceptors (Lipinski definition) is 3. The van der Waals surface area contributed by atoms with Gasteiger partial charge in [0.05, 0.1) is 17.6 Å². The van der Waals surface area contributed by atoms with Gasteiger partial charge in [-0.05, 0) is 61.9 Å². The highest BCUT2D eigenvalue weighted by atomic mass is 16.2. The van der Waals surface area contributed by atoms with Crippen LogP contribution in [-0.4, -0.2) is 21.2 Å². The highest BCUT2D eigenvalue weighted by molar-refractivity contribution is 5.98. The molecular formula is C24H27N3O2. The highest BCUT2D eigenvalue weighted by Gasteiger charge is 2.15. The van der Waals surface area contributed by atoms with E-state index in [-0.39, 0.29) is 24.5 Å². The van der Waals surface area contributed by atoms with Gasteiger partial charge in [0, 0.05) is 24.9 Å². The molecule has 0 bridgehead atoms. The Hall–Kier alpha value is -2.95. The maximum atomic E-state index is 12.5. The molecule has 0 fully saturated rings. The topological polar surface area (TPSA) is 64.0 Å². The number of hydrogen-bond donors (Lipinski definition) is 1. The molecular weight excluding hydrogens is 362 g/mol. The summed E-state index contributed by atoms with van der Waals surface area (Å²) >= 11 is 0. The van der Waals surface area contributed by atoms with Crippen LogP contribution in [0.25, 0.3) is 11.0 Å². The Morgan fingerprint density at radius 3 is 2.66 bits per heavy atom. The molecule has 150 valence electrons. The molecule has 0 radical (unpaired) electrons. The summed E-state index contributed by atoms with van der Waals surface area (Å²) < 4.78 is 2.11. The zero-order valence-corrected chi connectivity index (χ0v) is 16.9. The molecule has 0 unspecified atom stereocenters. The van der Waals surface area contributed by atoms with E-state index in [0.717, 1.165) is 41.8 Å². The van der Waals surface area contributed by atoms with Crippen LogP contribution in [0.15, 0.2) is 42.5 Å². The molecule has 0 aliphatic heterocycles. The van der Waals surface area contributed by atoms with Crippen LogP contribution in [0.2, 0.25) is 0 Å². The van der Waals surface area contributed by atoms with Gasteiger partial charge in [-0.1, -0.05) is 24.3 Å². The summed E-state index contributed by atoms with van der Waals surface area (Å²) in [5.41, 5.74) is 5.39. The number of nitrogens with zero attached hydrogens (tertiary/aromatic N) is 2. The molecule has 2 aromatic carbocycles. The number of nitrogens with one attached hydrogen (secondary N) is 1. The van der Waals surface area contributed by atoms with Crippen molar-refractivity contribution in [2.75, 3.05) is 0 Å². The molecule has 3 aromatic rings. The number of imidazole rings is 1. The van der Waals surface area contributed by atoms with E-state index in [1.807, 2.05) is 36.4 Å². The number of amides is 1. The molecule has 1 heterocycles. The van der Waals surface area contributed by atoms with Crippen LogP contribution in [0.5, 0.6) is 0 Å². The zero-order valence-electron chi connectivity index (χ0n) is 16.9. The van der Waals surface area contributed by atoms with Gasteiger partial charge in [-0.15, -0.1) is 0 Å². The van der Waals surface area contributed by atoms with Gasteiger partial charge in [0.1, 0.15) is 5.82 Å². The first-order valence-corrected chi connectivity index (χ1v) is 10.5. The number of para-hydroxylation sites is 2. The van der Waals surface area contributed by atoms with E-state index in [1.54, 1.807) is 0 Å². The third-order valence-corrected chi connectivity index (χ3v) is 5.74. The predicted octanol–water partition coefficient (Wildman–Crippen LogP) is 4.21. The van der Waals surface area contributed by atoms with E-state index in [4.69, 9.17) is 0 Å². The van der Waals surface area contributed by atoms with Gasteiger partial charge in [-0.2, -0.15) is 0 Å². The largest absolute Gasteiger partial charge is 0.349 e. The first-order valence-electron chi connectivity index (χ1n) is 10.5. The summed E-state index contributed by atoms with van der Waals surface area (Å²) in [5, 5.41) is 2.92. The van der Waals surface area contributed by atoms with E-state index >= 15 is 0 Å². The molecule has 0 saturated carbocycles. The van der Waals surface area contributed by atoms with Crippen LogP contribution in [0.1, 0.15) is 59.9 Å². The standard InChI is InChI=1S/C24H27N3O2/c1-2-27-21-10-6-5-9-20(21)26-23(27)16-25-24(29)14-13-22(28)19-12-11-17-7-3-4-8-18(17)15-19/h5-6,9-12,15H,2-4,7-8,13-14,16H2,1H3,(H,25,29). The van der Waals surface area contributed by atoms with Crippen molar-refractivity contribution in [3.05, 3.63) is 65.0 Å². The second-order valence-electron chi connectivity index (χ2n) is 7.65. The van der Waals surface area contributed by atoms with Gasteiger partial charge in [0.15, 0.2) is 5.78 Å².